The van der Waals surface area contributed by atoms with Crippen LogP contribution in [0.4, 0.5) is 0 Å². The maximum atomic E-state index is 12.5. The molecule has 2 aromatic carbocycles. The van der Waals surface area contributed by atoms with Crippen LogP contribution in [0.2, 0.25) is 0 Å². The molecule has 10 heteroatoms. The van der Waals surface area contributed by atoms with Crippen molar-refractivity contribution in [1.29, 1.82) is 0 Å². The van der Waals surface area contributed by atoms with E-state index < -0.39 is 34.7 Å². The van der Waals surface area contributed by atoms with E-state index in [2.05, 4.69) is 79.6 Å². The Kier molecular flexibility index (Phi) is 26.7. The molecule has 2 aliphatic rings. The van der Waals surface area contributed by atoms with Gasteiger partial charge in [0.2, 0.25) is 0 Å². The predicted octanol–water partition coefficient (Wildman–Crippen LogP) is 11.8. The fourth-order valence-electron chi connectivity index (χ4n) is 9.13. The molecule has 2 fully saturated rings. The number of carbonyl (C=O) groups excluding carboxylic acids is 4. The first-order valence-corrected chi connectivity index (χ1v) is 25.8. The fraction of sp³-hybridized carbons (Fsp3) is 0.709. The lowest BCUT2D eigenvalue weighted by atomic mass is 9.64. The number of aryl methyl sites for hydroxylation is 2. The molecule has 4 rings (SSSR count). The summed E-state index contributed by atoms with van der Waals surface area (Å²) < 4.78 is 20.7. The molecule has 366 valence electrons. The molecule has 0 atom stereocenters. The van der Waals surface area contributed by atoms with Gasteiger partial charge in [-0.2, -0.15) is 0 Å². The molecule has 0 amide bonds. The number of nitrogens with zero attached hydrogens (tertiary/aromatic N) is 1. The molecular weight excluding hydrogens is 817 g/mol. The van der Waals surface area contributed by atoms with Crippen LogP contribution in [0.3, 0.4) is 0 Å². The van der Waals surface area contributed by atoms with Crippen molar-refractivity contribution in [2.24, 2.45) is 10.8 Å². The van der Waals surface area contributed by atoms with Crippen LogP contribution in [0.1, 0.15) is 192 Å². The van der Waals surface area contributed by atoms with Gasteiger partial charge in [-0.3, -0.25) is 24.1 Å². The van der Waals surface area contributed by atoms with Crippen LogP contribution in [0, 0.1) is 10.8 Å². The molecule has 2 saturated carbocycles. The Balaban J connectivity index is 0.000000345. The summed E-state index contributed by atoms with van der Waals surface area (Å²) in [7, 11) is 2.05. The van der Waals surface area contributed by atoms with Crippen molar-refractivity contribution in [3.05, 3.63) is 70.8 Å². The number of esters is 4. The lowest BCUT2D eigenvalue weighted by Crippen LogP contribution is -2.58. The van der Waals surface area contributed by atoms with Crippen molar-refractivity contribution >= 4 is 23.9 Å². The van der Waals surface area contributed by atoms with Gasteiger partial charge in [0.25, 0.3) is 0 Å². The third kappa shape index (κ3) is 18.4. The third-order valence-electron chi connectivity index (χ3n) is 13.4. The number of nitrogens with one attached hydrogen (secondary N) is 1. The number of benzene rings is 2. The van der Waals surface area contributed by atoms with Gasteiger partial charge >= 0.3 is 23.9 Å². The lowest BCUT2D eigenvalue weighted by Gasteiger charge is -2.46. The normalized spacial score (nSPS) is 15.3. The van der Waals surface area contributed by atoms with Crippen LogP contribution in [-0.4, -0.2) is 74.3 Å². The quantitative estimate of drug-likeness (QED) is 0.0329. The van der Waals surface area contributed by atoms with E-state index in [0.717, 1.165) is 25.9 Å². The molecule has 0 saturated heterocycles. The Labute approximate surface area is 394 Å². The monoisotopic (exact) mass is 905 g/mol. The highest BCUT2D eigenvalue weighted by Crippen LogP contribution is 2.46. The second kappa shape index (κ2) is 31.3. The van der Waals surface area contributed by atoms with Crippen molar-refractivity contribution < 1.29 is 38.1 Å². The summed E-state index contributed by atoms with van der Waals surface area (Å²) in [5.41, 5.74) is 3.00. The summed E-state index contributed by atoms with van der Waals surface area (Å²) in [5.74, 6) is -1.81. The van der Waals surface area contributed by atoms with E-state index in [0.29, 0.717) is 25.7 Å². The first-order valence-electron chi connectivity index (χ1n) is 25.8. The molecule has 0 unspecified atom stereocenters. The summed E-state index contributed by atoms with van der Waals surface area (Å²) in [6, 6.07) is 18.0. The first-order chi connectivity index (χ1) is 31.5. The standard InChI is InChI=1S/C28H45NO4.C27H43NO4/c1-5-8-9-10-11-12-13-14-15-23-16-18-24(19-17-23)22-29(4)25-20-28(21-25,26(30)32-6-2)27(31)33-7-3;1-4-7-8-9-10-11-12-13-14-22-15-17-23(18-16-22)21-28-24-19-27(20-24,25(29)31-5-2)26(30)32-6-3/h16-19,25H,5-15,20-22H2,1-4H3;15-18,24,28H,4-14,19-21H2,1-3H3. The molecule has 1 N–H and O–H groups in total. The highest BCUT2D eigenvalue weighted by Gasteiger charge is 2.60. The second-order valence-corrected chi connectivity index (χ2v) is 18.6. The molecule has 2 aliphatic carbocycles. The van der Waals surface area contributed by atoms with Crippen LogP contribution in [0.15, 0.2) is 48.5 Å². The minimum atomic E-state index is -1.14. The molecule has 0 bridgehead atoms. The topological polar surface area (TPSA) is 120 Å². The zero-order valence-corrected chi connectivity index (χ0v) is 41.8. The number of hydrogen-bond donors (Lipinski definition) is 1. The number of unbranched alkanes of at least 4 members (excludes halogenated alkanes) is 14. The van der Waals surface area contributed by atoms with E-state index in [4.69, 9.17) is 18.9 Å². The highest BCUT2D eigenvalue weighted by atomic mass is 16.6. The van der Waals surface area contributed by atoms with E-state index in [1.165, 1.54) is 125 Å². The van der Waals surface area contributed by atoms with Crippen LogP contribution in [0.25, 0.3) is 0 Å². The molecule has 10 nitrogen and oxygen atoms in total. The average Bonchev–Trinajstić information content (AvgIpc) is 3.26. The Hall–Kier alpha value is -3.76. The van der Waals surface area contributed by atoms with Crippen LogP contribution >= 0.6 is 0 Å². The van der Waals surface area contributed by atoms with Crippen LogP contribution < -0.4 is 5.32 Å². The van der Waals surface area contributed by atoms with Crippen molar-refractivity contribution in [2.75, 3.05) is 33.5 Å². The molecule has 0 aromatic heterocycles. The summed E-state index contributed by atoms with van der Waals surface area (Å²) in [5, 5.41) is 3.47. The summed E-state index contributed by atoms with van der Waals surface area (Å²) in [6.45, 7) is 14.2. The van der Waals surface area contributed by atoms with Gasteiger partial charge in [-0.05, 0) is 108 Å². The van der Waals surface area contributed by atoms with Gasteiger partial charge in [0.15, 0.2) is 10.8 Å². The van der Waals surface area contributed by atoms with E-state index in [9.17, 15) is 19.2 Å². The minimum absolute atomic E-state index is 0.112. The molecule has 0 heterocycles. The number of hydrogen-bond acceptors (Lipinski definition) is 10. The Bertz CT molecular complexity index is 1590. The van der Waals surface area contributed by atoms with Crippen molar-refractivity contribution in [1.82, 2.24) is 10.2 Å². The smallest absolute Gasteiger partial charge is 0.323 e. The summed E-state index contributed by atoms with van der Waals surface area (Å²) >= 11 is 0. The van der Waals surface area contributed by atoms with Crippen LogP contribution in [-0.2, 0) is 64.1 Å². The van der Waals surface area contributed by atoms with Crippen molar-refractivity contribution in [3.63, 3.8) is 0 Å². The average molecular weight is 905 g/mol. The van der Waals surface area contributed by atoms with E-state index in [-0.39, 0.29) is 38.5 Å². The van der Waals surface area contributed by atoms with E-state index in [1.807, 2.05) is 0 Å². The van der Waals surface area contributed by atoms with Gasteiger partial charge in [0.1, 0.15) is 0 Å². The predicted molar refractivity (Wildman–Crippen MR) is 261 cm³/mol. The Morgan fingerprint density at radius 3 is 1.17 bits per heavy atom. The molecule has 0 spiro atoms. The van der Waals surface area contributed by atoms with E-state index in [1.54, 1.807) is 27.7 Å². The highest BCUT2D eigenvalue weighted by molar-refractivity contribution is 6.02. The maximum absolute atomic E-state index is 12.5. The molecule has 0 aliphatic heterocycles. The fourth-order valence-corrected chi connectivity index (χ4v) is 9.13. The van der Waals surface area contributed by atoms with Gasteiger partial charge in [0, 0.05) is 25.2 Å². The number of ether oxygens (including phenoxy) is 4. The van der Waals surface area contributed by atoms with Crippen molar-refractivity contribution in [2.45, 2.75) is 208 Å². The second-order valence-electron chi connectivity index (χ2n) is 18.6. The SMILES string of the molecule is CCCCCCCCCCc1ccc(CN(C)C2CC(C(=O)OCC)(C(=O)OCC)C2)cc1.CCCCCCCCCCc1ccc(CNC2CC(C(=O)OCC)(C(=O)OCC)C2)cc1. The van der Waals surface area contributed by atoms with Gasteiger partial charge in [0.05, 0.1) is 26.4 Å². The first kappa shape index (κ1) is 55.6. The Morgan fingerprint density at radius 2 is 0.800 bits per heavy atom. The third-order valence-corrected chi connectivity index (χ3v) is 13.4. The maximum Gasteiger partial charge on any atom is 0.323 e. The van der Waals surface area contributed by atoms with Gasteiger partial charge in [-0.1, -0.05) is 152 Å². The van der Waals surface area contributed by atoms with Crippen LogP contribution in [0.5, 0.6) is 0 Å². The van der Waals surface area contributed by atoms with Gasteiger partial charge in [-0.15, -0.1) is 0 Å². The molecular formula is C55H88N2O8. The zero-order chi connectivity index (χ0) is 47.3. The van der Waals surface area contributed by atoms with Gasteiger partial charge < -0.3 is 24.3 Å². The number of carbonyl (C=O) groups is 4. The van der Waals surface area contributed by atoms with Crippen molar-refractivity contribution in [3.8, 4) is 0 Å². The molecule has 65 heavy (non-hydrogen) atoms. The molecule has 0 radical (unpaired) electrons. The largest absolute Gasteiger partial charge is 0.465 e. The lowest BCUT2D eigenvalue weighted by molar-refractivity contribution is -0.184. The minimum Gasteiger partial charge on any atom is -0.465 e. The van der Waals surface area contributed by atoms with E-state index >= 15 is 0 Å². The Morgan fingerprint density at radius 1 is 0.477 bits per heavy atom. The zero-order valence-electron chi connectivity index (χ0n) is 41.8. The number of rotatable bonds is 32. The molecule has 2 aromatic rings. The summed E-state index contributed by atoms with van der Waals surface area (Å²) in [6.07, 6.45) is 25.6. The summed E-state index contributed by atoms with van der Waals surface area (Å²) in [4.78, 5) is 51.9. The van der Waals surface area contributed by atoms with Gasteiger partial charge in [-0.25, -0.2) is 0 Å².